The Morgan fingerprint density at radius 1 is 1.09 bits per heavy atom. The normalized spacial score (nSPS) is 12.0. The maximum absolute atomic E-state index is 9.49. The molecule has 1 unspecified atom stereocenters. The second-order valence-electron chi connectivity index (χ2n) is 5.30. The number of aliphatic hydroxyl groups excluding tert-OH is 1. The predicted molar refractivity (Wildman–Crippen MR) is 88.3 cm³/mol. The Hall–Kier alpha value is -2.70. The van der Waals surface area contributed by atoms with Crippen molar-refractivity contribution >= 4 is 11.0 Å². The monoisotopic (exact) mass is 288 g/mol. The Morgan fingerprint density at radius 2 is 1.82 bits per heavy atom. The summed E-state index contributed by atoms with van der Waals surface area (Å²) in [6.07, 6.45) is 6.71. The van der Waals surface area contributed by atoms with Crippen molar-refractivity contribution in [3.05, 3.63) is 59.9 Å². The lowest BCUT2D eigenvalue weighted by molar-refractivity contribution is 0.233. The molecule has 0 aliphatic rings. The van der Waals surface area contributed by atoms with E-state index < -0.39 is 6.10 Å². The van der Waals surface area contributed by atoms with Gasteiger partial charge in [-0.3, -0.25) is 4.98 Å². The zero-order valence-electron chi connectivity index (χ0n) is 12.3. The number of aliphatic hydroxyl groups is 1. The van der Waals surface area contributed by atoms with Crippen molar-refractivity contribution in [2.45, 2.75) is 19.4 Å². The second-order valence-corrected chi connectivity index (χ2v) is 5.30. The van der Waals surface area contributed by atoms with Gasteiger partial charge in [0.15, 0.2) is 0 Å². The Labute approximate surface area is 129 Å². The predicted octanol–water partition coefficient (Wildman–Crippen LogP) is 3.14. The average Bonchev–Trinajstić information content (AvgIpc) is 2.55. The van der Waals surface area contributed by atoms with E-state index in [0.29, 0.717) is 6.42 Å². The fraction of sp³-hybridized carbons (Fsp3) is 0.158. The fourth-order valence-electron chi connectivity index (χ4n) is 2.40. The third-order valence-electron chi connectivity index (χ3n) is 3.57. The molecule has 3 rings (SSSR count). The van der Waals surface area contributed by atoms with Crippen LogP contribution < -0.4 is 0 Å². The van der Waals surface area contributed by atoms with Gasteiger partial charge >= 0.3 is 0 Å². The Kier molecular flexibility index (Phi) is 3.86. The van der Waals surface area contributed by atoms with Gasteiger partial charge in [-0.05, 0) is 35.7 Å². The minimum Gasteiger partial charge on any atom is -0.380 e. The van der Waals surface area contributed by atoms with Gasteiger partial charge in [-0.15, -0.1) is 6.42 Å². The van der Waals surface area contributed by atoms with Crippen LogP contribution in [0, 0.1) is 19.3 Å². The molecule has 0 aliphatic carbocycles. The lowest BCUT2D eigenvalue weighted by atomic mass is 10.0. The van der Waals surface area contributed by atoms with E-state index in [1.165, 1.54) is 0 Å². The Bertz CT molecular complexity index is 847. The molecule has 3 heteroatoms. The molecule has 3 nitrogen and oxygen atoms in total. The number of fused-ring (bicyclic) bond motifs is 1. The molecule has 108 valence electrons. The maximum atomic E-state index is 9.49. The molecule has 0 saturated carbocycles. The standard InChI is InChI=1S/C19H16N2O/c1-3-17(22)10-14-4-6-15(7-5-14)16-8-9-18-19(11-16)20-12-13(2)21-18/h1,4-9,11-12,17,22H,10H2,2H3. The molecule has 0 aliphatic heterocycles. The van der Waals surface area contributed by atoms with Gasteiger partial charge in [0.05, 0.1) is 16.7 Å². The first kappa shape index (κ1) is 14.2. The summed E-state index contributed by atoms with van der Waals surface area (Å²) >= 11 is 0. The van der Waals surface area contributed by atoms with Gasteiger partial charge in [0.25, 0.3) is 0 Å². The summed E-state index contributed by atoms with van der Waals surface area (Å²) in [5, 5.41) is 9.49. The topological polar surface area (TPSA) is 46.0 Å². The summed E-state index contributed by atoms with van der Waals surface area (Å²) in [7, 11) is 0. The molecule has 0 amide bonds. The highest BCUT2D eigenvalue weighted by Gasteiger charge is 2.04. The lowest BCUT2D eigenvalue weighted by Gasteiger charge is -2.07. The van der Waals surface area contributed by atoms with Crippen LogP contribution in [-0.2, 0) is 6.42 Å². The fourth-order valence-corrected chi connectivity index (χ4v) is 2.40. The number of terminal acetylenes is 1. The van der Waals surface area contributed by atoms with Crippen LogP contribution in [0.1, 0.15) is 11.3 Å². The molecule has 22 heavy (non-hydrogen) atoms. The van der Waals surface area contributed by atoms with Crippen LogP contribution in [0.2, 0.25) is 0 Å². The number of benzene rings is 2. The molecule has 1 heterocycles. The summed E-state index contributed by atoms with van der Waals surface area (Å²) in [5.74, 6) is 2.32. The quantitative estimate of drug-likeness (QED) is 0.753. The van der Waals surface area contributed by atoms with Crippen molar-refractivity contribution in [3.63, 3.8) is 0 Å². The van der Waals surface area contributed by atoms with Gasteiger partial charge in [-0.1, -0.05) is 36.3 Å². The molecule has 0 bridgehead atoms. The van der Waals surface area contributed by atoms with E-state index in [1.807, 2.05) is 49.4 Å². The van der Waals surface area contributed by atoms with Crippen molar-refractivity contribution < 1.29 is 5.11 Å². The first-order valence-corrected chi connectivity index (χ1v) is 7.12. The van der Waals surface area contributed by atoms with Crippen LogP contribution in [-0.4, -0.2) is 21.2 Å². The average molecular weight is 288 g/mol. The minimum atomic E-state index is -0.731. The van der Waals surface area contributed by atoms with Gasteiger partial charge in [0, 0.05) is 12.6 Å². The SMILES string of the molecule is C#CC(O)Cc1ccc(-c2ccc3nc(C)cnc3c2)cc1. The van der Waals surface area contributed by atoms with E-state index >= 15 is 0 Å². The van der Waals surface area contributed by atoms with E-state index in [2.05, 4.69) is 15.9 Å². The maximum Gasteiger partial charge on any atom is 0.118 e. The van der Waals surface area contributed by atoms with Crippen LogP contribution in [0.5, 0.6) is 0 Å². The number of hydrogen-bond acceptors (Lipinski definition) is 3. The Morgan fingerprint density at radius 3 is 2.55 bits per heavy atom. The van der Waals surface area contributed by atoms with Crippen LogP contribution in [0.15, 0.2) is 48.7 Å². The highest BCUT2D eigenvalue weighted by Crippen LogP contribution is 2.23. The van der Waals surface area contributed by atoms with Crippen LogP contribution in [0.3, 0.4) is 0 Å². The Balaban J connectivity index is 1.91. The van der Waals surface area contributed by atoms with Crippen molar-refractivity contribution in [3.8, 4) is 23.5 Å². The van der Waals surface area contributed by atoms with E-state index in [0.717, 1.165) is 33.4 Å². The molecule has 0 fully saturated rings. The molecule has 1 N–H and O–H groups in total. The van der Waals surface area contributed by atoms with Gasteiger partial charge < -0.3 is 5.11 Å². The largest absolute Gasteiger partial charge is 0.380 e. The first-order valence-electron chi connectivity index (χ1n) is 7.12. The smallest absolute Gasteiger partial charge is 0.118 e. The highest BCUT2D eigenvalue weighted by molar-refractivity contribution is 5.81. The molecule has 1 atom stereocenters. The third-order valence-corrected chi connectivity index (χ3v) is 3.57. The zero-order chi connectivity index (χ0) is 15.5. The lowest BCUT2D eigenvalue weighted by Crippen LogP contribution is -2.06. The minimum absolute atomic E-state index is 0.471. The molecular formula is C19H16N2O. The number of rotatable bonds is 3. The number of nitrogens with zero attached hydrogens (tertiary/aromatic N) is 2. The summed E-state index contributed by atoms with van der Waals surface area (Å²) in [5.41, 5.74) is 5.91. The van der Waals surface area contributed by atoms with Crippen molar-refractivity contribution in [2.75, 3.05) is 0 Å². The van der Waals surface area contributed by atoms with Gasteiger partial charge in [-0.25, -0.2) is 4.98 Å². The number of aromatic nitrogens is 2. The first-order chi connectivity index (χ1) is 10.7. The van der Waals surface area contributed by atoms with Gasteiger partial charge in [0.1, 0.15) is 6.10 Å². The van der Waals surface area contributed by atoms with E-state index in [-0.39, 0.29) is 0 Å². The number of aryl methyl sites for hydroxylation is 1. The van der Waals surface area contributed by atoms with E-state index in [9.17, 15) is 5.11 Å². The molecule has 0 radical (unpaired) electrons. The van der Waals surface area contributed by atoms with Crippen molar-refractivity contribution in [1.29, 1.82) is 0 Å². The summed E-state index contributed by atoms with van der Waals surface area (Å²) in [4.78, 5) is 8.87. The summed E-state index contributed by atoms with van der Waals surface area (Å²) in [6.45, 7) is 1.93. The van der Waals surface area contributed by atoms with E-state index in [1.54, 1.807) is 6.20 Å². The van der Waals surface area contributed by atoms with E-state index in [4.69, 9.17) is 6.42 Å². The summed E-state index contributed by atoms with van der Waals surface area (Å²) < 4.78 is 0. The zero-order valence-corrected chi connectivity index (χ0v) is 12.3. The number of hydrogen-bond donors (Lipinski definition) is 1. The van der Waals surface area contributed by atoms with Gasteiger partial charge in [0.2, 0.25) is 0 Å². The molecule has 0 saturated heterocycles. The van der Waals surface area contributed by atoms with Crippen LogP contribution >= 0.6 is 0 Å². The molecule has 3 aromatic rings. The van der Waals surface area contributed by atoms with Crippen LogP contribution in [0.4, 0.5) is 0 Å². The highest BCUT2D eigenvalue weighted by atomic mass is 16.3. The van der Waals surface area contributed by atoms with Crippen molar-refractivity contribution in [2.24, 2.45) is 0 Å². The summed E-state index contributed by atoms with van der Waals surface area (Å²) in [6, 6.07) is 14.1. The molecule has 0 spiro atoms. The molecule has 2 aromatic carbocycles. The van der Waals surface area contributed by atoms with Crippen LogP contribution in [0.25, 0.3) is 22.2 Å². The molecular weight excluding hydrogens is 272 g/mol. The second kappa shape index (κ2) is 5.97. The third kappa shape index (κ3) is 2.98. The van der Waals surface area contributed by atoms with Gasteiger partial charge in [-0.2, -0.15) is 0 Å². The van der Waals surface area contributed by atoms with Crippen molar-refractivity contribution in [1.82, 2.24) is 9.97 Å². The molecule has 1 aromatic heterocycles.